The molecule has 2 N–H and O–H groups in total. The molecular formula is C14H26ClN3S. The number of halogens is 1. The number of nitrogens with two attached hydrogens (primary N) is 1. The highest BCUT2D eigenvalue weighted by atomic mass is 35.5. The number of rotatable bonds is 5. The van der Waals surface area contributed by atoms with Crippen molar-refractivity contribution in [3.8, 4) is 0 Å². The molecule has 0 aliphatic carbocycles. The van der Waals surface area contributed by atoms with Gasteiger partial charge in [0.05, 0.1) is 12.2 Å². The second kappa shape index (κ2) is 8.20. The molecule has 2 heterocycles. The number of hydrogen-bond acceptors (Lipinski definition) is 4. The zero-order chi connectivity index (χ0) is 13.0. The zero-order valence-electron chi connectivity index (χ0n) is 12.0. The van der Waals surface area contributed by atoms with Crippen molar-refractivity contribution in [1.82, 2.24) is 9.88 Å². The number of piperidine rings is 1. The average Bonchev–Trinajstić information content (AvgIpc) is 2.77. The topological polar surface area (TPSA) is 42.1 Å². The second-order valence-electron chi connectivity index (χ2n) is 5.38. The predicted molar refractivity (Wildman–Crippen MR) is 85.1 cm³/mol. The van der Waals surface area contributed by atoms with E-state index in [1.54, 1.807) is 11.3 Å². The summed E-state index contributed by atoms with van der Waals surface area (Å²) in [6.07, 6.45) is 6.14. The Balaban J connectivity index is 0.00000180. The number of aromatic nitrogens is 1. The summed E-state index contributed by atoms with van der Waals surface area (Å²) in [6.45, 7) is 6.50. The molecule has 1 aliphatic heterocycles. The highest BCUT2D eigenvalue weighted by Gasteiger charge is 2.25. The SMILES string of the molecule is CCCc1csc(CN2CCCCC2C(C)N)n1.Cl. The van der Waals surface area contributed by atoms with Crippen LogP contribution in [0.2, 0.25) is 0 Å². The molecule has 19 heavy (non-hydrogen) atoms. The number of hydrogen-bond donors (Lipinski definition) is 1. The zero-order valence-corrected chi connectivity index (χ0v) is 13.6. The van der Waals surface area contributed by atoms with Crippen LogP contribution in [0.1, 0.15) is 50.2 Å². The molecule has 5 heteroatoms. The van der Waals surface area contributed by atoms with Gasteiger partial charge in [-0.15, -0.1) is 23.7 Å². The Morgan fingerprint density at radius 2 is 2.32 bits per heavy atom. The van der Waals surface area contributed by atoms with E-state index in [1.807, 2.05) is 0 Å². The molecule has 110 valence electrons. The van der Waals surface area contributed by atoms with Crippen LogP contribution in [0.4, 0.5) is 0 Å². The quantitative estimate of drug-likeness (QED) is 0.908. The maximum Gasteiger partial charge on any atom is 0.107 e. The van der Waals surface area contributed by atoms with Gasteiger partial charge in [-0.25, -0.2) is 4.98 Å². The van der Waals surface area contributed by atoms with Gasteiger partial charge in [0.25, 0.3) is 0 Å². The smallest absolute Gasteiger partial charge is 0.107 e. The molecule has 1 aromatic heterocycles. The molecule has 0 bridgehead atoms. The lowest BCUT2D eigenvalue weighted by molar-refractivity contribution is 0.123. The van der Waals surface area contributed by atoms with E-state index >= 15 is 0 Å². The van der Waals surface area contributed by atoms with E-state index in [2.05, 4.69) is 24.1 Å². The third kappa shape index (κ3) is 4.71. The van der Waals surface area contributed by atoms with Gasteiger partial charge in [0.15, 0.2) is 0 Å². The summed E-state index contributed by atoms with van der Waals surface area (Å²) >= 11 is 1.80. The molecule has 2 atom stereocenters. The first kappa shape index (κ1) is 16.9. The molecule has 1 aliphatic rings. The largest absolute Gasteiger partial charge is 0.327 e. The minimum atomic E-state index is 0. The number of likely N-dealkylation sites (tertiary alicyclic amines) is 1. The fourth-order valence-electron chi connectivity index (χ4n) is 2.77. The summed E-state index contributed by atoms with van der Waals surface area (Å²) in [7, 11) is 0. The molecule has 1 aromatic rings. The maximum atomic E-state index is 6.11. The Hall–Kier alpha value is -0.160. The van der Waals surface area contributed by atoms with Gasteiger partial charge in [-0.2, -0.15) is 0 Å². The Morgan fingerprint density at radius 1 is 1.53 bits per heavy atom. The molecule has 2 rings (SSSR count). The Bertz CT molecular complexity index is 367. The van der Waals surface area contributed by atoms with Crippen LogP contribution in [-0.4, -0.2) is 28.5 Å². The first-order valence-corrected chi connectivity index (χ1v) is 8.01. The van der Waals surface area contributed by atoms with Crippen molar-refractivity contribution < 1.29 is 0 Å². The lowest BCUT2D eigenvalue weighted by atomic mass is 9.97. The summed E-state index contributed by atoms with van der Waals surface area (Å²) in [4.78, 5) is 7.25. The predicted octanol–water partition coefficient (Wildman–Crippen LogP) is 3.22. The average molecular weight is 304 g/mol. The van der Waals surface area contributed by atoms with E-state index in [0.717, 1.165) is 13.0 Å². The molecule has 0 aromatic carbocycles. The van der Waals surface area contributed by atoms with Crippen LogP contribution < -0.4 is 5.73 Å². The Morgan fingerprint density at radius 3 is 3.00 bits per heavy atom. The van der Waals surface area contributed by atoms with Crippen molar-refractivity contribution in [2.75, 3.05) is 6.54 Å². The van der Waals surface area contributed by atoms with Gasteiger partial charge in [-0.3, -0.25) is 4.90 Å². The van der Waals surface area contributed by atoms with Gasteiger partial charge in [-0.1, -0.05) is 19.8 Å². The third-order valence-corrected chi connectivity index (χ3v) is 4.60. The van der Waals surface area contributed by atoms with Crippen molar-refractivity contribution in [3.05, 3.63) is 16.1 Å². The Labute approximate surface area is 127 Å². The molecule has 0 saturated carbocycles. The van der Waals surface area contributed by atoms with Gasteiger partial charge in [0, 0.05) is 17.5 Å². The summed E-state index contributed by atoms with van der Waals surface area (Å²) < 4.78 is 0. The van der Waals surface area contributed by atoms with Gasteiger partial charge in [-0.05, 0) is 32.7 Å². The van der Waals surface area contributed by atoms with Gasteiger partial charge < -0.3 is 5.73 Å². The molecule has 3 nitrogen and oxygen atoms in total. The van der Waals surface area contributed by atoms with Crippen molar-refractivity contribution in [2.24, 2.45) is 5.73 Å². The van der Waals surface area contributed by atoms with E-state index in [1.165, 1.54) is 42.9 Å². The van der Waals surface area contributed by atoms with Crippen LogP contribution >= 0.6 is 23.7 Å². The molecular weight excluding hydrogens is 278 g/mol. The fraction of sp³-hybridized carbons (Fsp3) is 0.786. The van der Waals surface area contributed by atoms with Crippen molar-refractivity contribution in [3.63, 3.8) is 0 Å². The second-order valence-corrected chi connectivity index (χ2v) is 6.32. The molecule has 0 radical (unpaired) electrons. The molecule has 1 fully saturated rings. The van der Waals surface area contributed by atoms with E-state index in [-0.39, 0.29) is 18.4 Å². The van der Waals surface area contributed by atoms with Crippen LogP contribution in [0.3, 0.4) is 0 Å². The summed E-state index contributed by atoms with van der Waals surface area (Å²) in [5, 5.41) is 3.47. The standard InChI is InChI=1S/C14H25N3S.ClH/c1-3-6-12-10-18-14(16-12)9-17-8-5-4-7-13(17)11(2)15;/h10-11,13H,3-9,15H2,1-2H3;1H. The fourth-order valence-corrected chi connectivity index (χ4v) is 3.63. The van der Waals surface area contributed by atoms with Gasteiger partial charge in [0.1, 0.15) is 5.01 Å². The van der Waals surface area contributed by atoms with Crippen molar-refractivity contribution in [1.29, 1.82) is 0 Å². The highest BCUT2D eigenvalue weighted by molar-refractivity contribution is 7.09. The molecule has 1 saturated heterocycles. The van der Waals surface area contributed by atoms with Gasteiger partial charge >= 0.3 is 0 Å². The van der Waals surface area contributed by atoms with Crippen LogP contribution in [-0.2, 0) is 13.0 Å². The van der Waals surface area contributed by atoms with Crippen molar-refractivity contribution in [2.45, 2.75) is 64.6 Å². The van der Waals surface area contributed by atoms with Crippen LogP contribution in [0.15, 0.2) is 5.38 Å². The van der Waals surface area contributed by atoms with Crippen LogP contribution in [0.25, 0.3) is 0 Å². The van der Waals surface area contributed by atoms with E-state index in [9.17, 15) is 0 Å². The number of nitrogens with zero attached hydrogens (tertiary/aromatic N) is 2. The number of aryl methyl sites for hydroxylation is 1. The Kier molecular flexibility index (Phi) is 7.29. The minimum absolute atomic E-state index is 0. The van der Waals surface area contributed by atoms with E-state index in [4.69, 9.17) is 10.7 Å². The summed E-state index contributed by atoms with van der Waals surface area (Å²) in [5.41, 5.74) is 7.36. The monoisotopic (exact) mass is 303 g/mol. The van der Waals surface area contributed by atoms with Crippen molar-refractivity contribution >= 4 is 23.7 Å². The third-order valence-electron chi connectivity index (χ3n) is 3.71. The first-order chi connectivity index (χ1) is 8.70. The molecule has 0 spiro atoms. The van der Waals surface area contributed by atoms with Gasteiger partial charge in [0.2, 0.25) is 0 Å². The number of thiazole rings is 1. The van der Waals surface area contributed by atoms with Crippen LogP contribution in [0, 0.1) is 0 Å². The molecule has 0 amide bonds. The lowest BCUT2D eigenvalue weighted by Crippen LogP contribution is -2.48. The van der Waals surface area contributed by atoms with E-state index in [0.29, 0.717) is 6.04 Å². The normalized spacial score (nSPS) is 21.9. The van der Waals surface area contributed by atoms with Crippen LogP contribution in [0.5, 0.6) is 0 Å². The molecule has 2 unspecified atom stereocenters. The lowest BCUT2D eigenvalue weighted by Gasteiger charge is -2.37. The minimum Gasteiger partial charge on any atom is -0.327 e. The van der Waals surface area contributed by atoms with E-state index < -0.39 is 0 Å². The first-order valence-electron chi connectivity index (χ1n) is 7.13. The summed E-state index contributed by atoms with van der Waals surface area (Å²) in [5.74, 6) is 0. The summed E-state index contributed by atoms with van der Waals surface area (Å²) in [6, 6.07) is 0.803. The highest BCUT2D eigenvalue weighted by Crippen LogP contribution is 2.22. The maximum absolute atomic E-state index is 6.11.